The SMILES string of the molecule is Cc1cc(C)c(C2C(=O)CC(CCNC(=O)Nc3ccccn3)C2=O)c(C)c1. The number of carbonyl (C=O) groups excluding carboxylic acids is 3. The number of aromatic nitrogens is 1. The second-order valence-corrected chi connectivity index (χ2v) is 7.40. The van der Waals surface area contributed by atoms with Crippen LogP contribution in [0, 0.1) is 26.7 Å². The van der Waals surface area contributed by atoms with Gasteiger partial charge in [0.25, 0.3) is 0 Å². The molecule has 0 aliphatic heterocycles. The summed E-state index contributed by atoms with van der Waals surface area (Å²) in [5, 5.41) is 5.35. The molecule has 2 N–H and O–H groups in total. The first-order valence-electron chi connectivity index (χ1n) is 9.47. The molecular weight excluding hydrogens is 354 g/mol. The molecule has 1 aliphatic rings. The number of carbonyl (C=O) groups is 3. The lowest BCUT2D eigenvalue weighted by Crippen LogP contribution is -2.31. The highest BCUT2D eigenvalue weighted by atomic mass is 16.2. The number of nitrogens with one attached hydrogen (secondary N) is 2. The van der Waals surface area contributed by atoms with E-state index >= 15 is 0 Å². The summed E-state index contributed by atoms with van der Waals surface area (Å²) in [4.78, 5) is 41.5. The highest BCUT2D eigenvalue weighted by Crippen LogP contribution is 2.37. The molecule has 1 saturated carbocycles. The zero-order chi connectivity index (χ0) is 20.3. The van der Waals surface area contributed by atoms with E-state index in [-0.39, 0.29) is 29.9 Å². The molecule has 3 rings (SSSR count). The summed E-state index contributed by atoms with van der Waals surface area (Å²) in [7, 11) is 0. The predicted octanol–water partition coefficient (Wildman–Crippen LogP) is 3.46. The van der Waals surface area contributed by atoms with Gasteiger partial charge >= 0.3 is 6.03 Å². The van der Waals surface area contributed by atoms with Crippen LogP contribution < -0.4 is 10.6 Å². The third-order valence-electron chi connectivity index (χ3n) is 5.17. The first-order valence-corrected chi connectivity index (χ1v) is 9.47. The first-order chi connectivity index (χ1) is 13.4. The van der Waals surface area contributed by atoms with Gasteiger partial charge in [0.05, 0.1) is 0 Å². The van der Waals surface area contributed by atoms with Crippen molar-refractivity contribution < 1.29 is 14.4 Å². The van der Waals surface area contributed by atoms with E-state index in [2.05, 4.69) is 15.6 Å². The van der Waals surface area contributed by atoms with Crippen LogP contribution in [0.3, 0.4) is 0 Å². The topological polar surface area (TPSA) is 88.2 Å². The van der Waals surface area contributed by atoms with Crippen LogP contribution in [-0.2, 0) is 9.59 Å². The number of hydrogen-bond donors (Lipinski definition) is 2. The van der Waals surface area contributed by atoms with E-state index in [1.165, 1.54) is 0 Å². The minimum atomic E-state index is -0.673. The van der Waals surface area contributed by atoms with Crippen LogP contribution in [0.2, 0.25) is 0 Å². The Bertz CT molecular complexity index is 885. The van der Waals surface area contributed by atoms with Crippen molar-refractivity contribution >= 4 is 23.4 Å². The van der Waals surface area contributed by atoms with Crippen molar-refractivity contribution in [2.75, 3.05) is 11.9 Å². The van der Waals surface area contributed by atoms with E-state index in [9.17, 15) is 14.4 Å². The fraction of sp³-hybridized carbons (Fsp3) is 0.364. The van der Waals surface area contributed by atoms with Gasteiger partial charge in [-0.25, -0.2) is 9.78 Å². The number of hydrogen-bond acceptors (Lipinski definition) is 4. The molecule has 0 bridgehead atoms. The molecule has 0 spiro atoms. The Morgan fingerprint density at radius 1 is 1.14 bits per heavy atom. The quantitative estimate of drug-likeness (QED) is 0.779. The van der Waals surface area contributed by atoms with Gasteiger partial charge in [-0.15, -0.1) is 0 Å². The molecule has 2 aromatic rings. The minimum Gasteiger partial charge on any atom is -0.338 e. The number of benzene rings is 1. The largest absolute Gasteiger partial charge is 0.338 e. The van der Waals surface area contributed by atoms with Crippen LogP contribution >= 0.6 is 0 Å². The summed E-state index contributed by atoms with van der Waals surface area (Å²) in [6, 6.07) is 8.88. The van der Waals surface area contributed by atoms with E-state index in [1.54, 1.807) is 24.4 Å². The fourth-order valence-corrected chi connectivity index (χ4v) is 4.01. The maximum atomic E-state index is 12.9. The molecule has 2 atom stereocenters. The molecule has 1 fully saturated rings. The number of rotatable bonds is 5. The Balaban J connectivity index is 1.59. The second kappa shape index (κ2) is 8.33. The number of ketones is 2. The molecule has 6 heteroatoms. The van der Waals surface area contributed by atoms with Crippen molar-refractivity contribution in [3.8, 4) is 0 Å². The van der Waals surface area contributed by atoms with Crippen LogP contribution in [-0.4, -0.2) is 29.1 Å². The van der Waals surface area contributed by atoms with Gasteiger partial charge in [-0.2, -0.15) is 0 Å². The van der Waals surface area contributed by atoms with Crippen molar-refractivity contribution in [1.82, 2.24) is 10.3 Å². The first kappa shape index (κ1) is 19.7. The summed E-state index contributed by atoms with van der Waals surface area (Å²) >= 11 is 0. The lowest BCUT2D eigenvalue weighted by atomic mass is 9.86. The number of nitrogens with zero attached hydrogens (tertiary/aromatic N) is 1. The third-order valence-corrected chi connectivity index (χ3v) is 5.17. The molecule has 2 amide bonds. The smallest absolute Gasteiger partial charge is 0.320 e. The van der Waals surface area contributed by atoms with Crippen LogP contribution in [0.4, 0.5) is 10.6 Å². The molecule has 0 radical (unpaired) electrons. The van der Waals surface area contributed by atoms with E-state index in [0.29, 0.717) is 18.8 Å². The Morgan fingerprint density at radius 3 is 2.50 bits per heavy atom. The molecule has 2 unspecified atom stereocenters. The van der Waals surface area contributed by atoms with Gasteiger partial charge in [-0.3, -0.25) is 14.9 Å². The Hall–Kier alpha value is -3.02. The minimum absolute atomic E-state index is 0.0250. The summed E-state index contributed by atoms with van der Waals surface area (Å²) in [5.74, 6) is -0.631. The van der Waals surface area contributed by atoms with Crippen molar-refractivity contribution in [2.45, 2.75) is 39.5 Å². The average Bonchev–Trinajstić information content (AvgIpc) is 2.90. The number of urea groups is 1. The monoisotopic (exact) mass is 379 g/mol. The Kier molecular flexibility index (Phi) is 5.87. The van der Waals surface area contributed by atoms with Crippen molar-refractivity contribution in [3.05, 3.63) is 58.8 Å². The molecule has 1 aromatic heterocycles. The van der Waals surface area contributed by atoms with Gasteiger partial charge < -0.3 is 5.32 Å². The highest BCUT2D eigenvalue weighted by molar-refractivity contribution is 6.15. The van der Waals surface area contributed by atoms with Gasteiger partial charge in [-0.05, 0) is 56.0 Å². The molecule has 28 heavy (non-hydrogen) atoms. The molecule has 6 nitrogen and oxygen atoms in total. The Labute approximate surface area is 164 Å². The van der Waals surface area contributed by atoms with Gasteiger partial charge in [0.2, 0.25) is 0 Å². The number of amides is 2. The van der Waals surface area contributed by atoms with E-state index < -0.39 is 5.92 Å². The number of Topliss-reactive ketones (excluding diaryl/α,β-unsaturated/α-hetero) is 2. The number of pyridine rings is 1. The van der Waals surface area contributed by atoms with E-state index in [4.69, 9.17) is 0 Å². The van der Waals surface area contributed by atoms with Crippen LogP contribution in [0.1, 0.15) is 41.0 Å². The number of aryl methyl sites for hydroxylation is 3. The molecule has 1 aromatic carbocycles. The maximum Gasteiger partial charge on any atom is 0.320 e. The summed E-state index contributed by atoms with van der Waals surface area (Å²) in [5.41, 5.74) is 3.94. The average molecular weight is 379 g/mol. The molecular formula is C22H25N3O3. The summed E-state index contributed by atoms with van der Waals surface area (Å²) in [6.45, 7) is 6.23. The zero-order valence-electron chi connectivity index (χ0n) is 16.4. The van der Waals surface area contributed by atoms with E-state index in [0.717, 1.165) is 22.3 Å². The van der Waals surface area contributed by atoms with Gasteiger partial charge in [-0.1, -0.05) is 23.8 Å². The maximum absolute atomic E-state index is 12.9. The normalized spacial score (nSPS) is 19.0. The highest BCUT2D eigenvalue weighted by Gasteiger charge is 2.42. The van der Waals surface area contributed by atoms with E-state index in [1.807, 2.05) is 32.9 Å². The lowest BCUT2D eigenvalue weighted by Gasteiger charge is -2.16. The van der Waals surface area contributed by atoms with Crippen molar-refractivity contribution in [1.29, 1.82) is 0 Å². The summed E-state index contributed by atoms with van der Waals surface area (Å²) < 4.78 is 0. The molecule has 0 saturated heterocycles. The molecule has 1 heterocycles. The zero-order valence-corrected chi connectivity index (χ0v) is 16.4. The van der Waals surface area contributed by atoms with Gasteiger partial charge in [0, 0.05) is 25.1 Å². The summed E-state index contributed by atoms with van der Waals surface area (Å²) in [6.07, 6.45) is 2.27. The van der Waals surface area contributed by atoms with Crippen LogP contribution in [0.5, 0.6) is 0 Å². The van der Waals surface area contributed by atoms with Crippen LogP contribution in [0.15, 0.2) is 36.5 Å². The molecule has 1 aliphatic carbocycles. The molecule has 146 valence electrons. The van der Waals surface area contributed by atoms with Gasteiger partial charge in [0.1, 0.15) is 17.5 Å². The van der Waals surface area contributed by atoms with Crippen molar-refractivity contribution in [2.24, 2.45) is 5.92 Å². The van der Waals surface area contributed by atoms with Crippen LogP contribution in [0.25, 0.3) is 0 Å². The van der Waals surface area contributed by atoms with Crippen molar-refractivity contribution in [3.63, 3.8) is 0 Å². The second-order valence-electron chi connectivity index (χ2n) is 7.40. The fourth-order valence-electron chi connectivity index (χ4n) is 4.01. The standard InChI is InChI=1S/C22H25N3O3/c1-13-10-14(2)19(15(3)11-13)20-17(26)12-16(21(20)27)7-9-24-22(28)25-18-6-4-5-8-23-18/h4-6,8,10-11,16,20H,7,9,12H2,1-3H3,(H2,23,24,25,28). The lowest BCUT2D eigenvalue weighted by molar-refractivity contribution is -0.124. The number of anilines is 1. The third kappa shape index (κ3) is 4.27. The van der Waals surface area contributed by atoms with Gasteiger partial charge in [0.15, 0.2) is 5.78 Å². The predicted molar refractivity (Wildman–Crippen MR) is 107 cm³/mol. The Morgan fingerprint density at radius 2 is 1.86 bits per heavy atom.